The van der Waals surface area contributed by atoms with Gasteiger partial charge in [-0.15, -0.1) is 0 Å². The van der Waals surface area contributed by atoms with Gasteiger partial charge in [-0.2, -0.15) is 0 Å². The Morgan fingerprint density at radius 3 is 2.83 bits per heavy atom. The number of nitrogens with one attached hydrogen (secondary N) is 1. The minimum Gasteiger partial charge on any atom is -0.354 e. The van der Waals surface area contributed by atoms with Crippen LogP contribution in [0.1, 0.15) is 37.3 Å². The van der Waals surface area contributed by atoms with E-state index in [9.17, 15) is 4.79 Å². The van der Waals surface area contributed by atoms with Crippen LogP contribution in [0.4, 0.5) is 0 Å². The minimum atomic E-state index is 0.0694. The van der Waals surface area contributed by atoms with E-state index in [4.69, 9.17) is 0 Å². The Kier molecular flexibility index (Phi) is 4.44. The molecule has 1 aromatic rings. The van der Waals surface area contributed by atoms with Crippen molar-refractivity contribution in [3.8, 4) is 0 Å². The lowest BCUT2D eigenvalue weighted by molar-refractivity contribution is -0.123. The van der Waals surface area contributed by atoms with Crippen molar-refractivity contribution in [1.82, 2.24) is 5.32 Å². The van der Waals surface area contributed by atoms with Crippen LogP contribution in [0, 0.1) is 5.92 Å². The van der Waals surface area contributed by atoms with Crippen molar-refractivity contribution < 1.29 is 4.79 Å². The summed E-state index contributed by atoms with van der Waals surface area (Å²) in [7, 11) is 0. The number of benzene rings is 1. The molecule has 1 aliphatic rings. The van der Waals surface area contributed by atoms with Gasteiger partial charge >= 0.3 is 0 Å². The molecule has 2 unspecified atom stereocenters. The molecular formula is C15H20BrNO. The van der Waals surface area contributed by atoms with Gasteiger partial charge in [0.15, 0.2) is 0 Å². The number of carbonyl (C=O) groups excluding carboxylic acids is 1. The highest BCUT2D eigenvalue weighted by Gasteiger charge is 2.31. The molecule has 1 N–H and O–H groups in total. The molecule has 0 fully saturated rings. The highest BCUT2D eigenvalue weighted by Crippen LogP contribution is 2.34. The fourth-order valence-electron chi connectivity index (χ4n) is 2.42. The van der Waals surface area contributed by atoms with Crippen LogP contribution in [-0.2, 0) is 11.2 Å². The van der Waals surface area contributed by atoms with Gasteiger partial charge in [0.2, 0.25) is 5.91 Å². The lowest BCUT2D eigenvalue weighted by Crippen LogP contribution is -2.38. The summed E-state index contributed by atoms with van der Waals surface area (Å²) in [5.41, 5.74) is 2.51. The Balaban J connectivity index is 1.81. The molecule has 0 saturated heterocycles. The molecule has 1 aliphatic carbocycles. The van der Waals surface area contributed by atoms with Crippen LogP contribution in [0.15, 0.2) is 24.3 Å². The Morgan fingerprint density at radius 1 is 1.44 bits per heavy atom. The second-order valence-corrected chi connectivity index (χ2v) is 6.72. The molecule has 3 heteroatoms. The summed E-state index contributed by atoms with van der Waals surface area (Å²) in [6.45, 7) is 5.10. The maximum Gasteiger partial charge on any atom is 0.227 e. The van der Waals surface area contributed by atoms with E-state index >= 15 is 0 Å². The summed E-state index contributed by atoms with van der Waals surface area (Å²) < 4.78 is 0. The first-order valence-electron chi connectivity index (χ1n) is 6.57. The number of hydrogen-bond donors (Lipinski definition) is 1. The second kappa shape index (κ2) is 5.87. The zero-order valence-corrected chi connectivity index (χ0v) is 12.5. The average molecular weight is 310 g/mol. The number of carbonyl (C=O) groups is 1. The number of amides is 1. The van der Waals surface area contributed by atoms with Crippen molar-refractivity contribution in [1.29, 1.82) is 0 Å². The summed E-state index contributed by atoms with van der Waals surface area (Å²) >= 11 is 3.61. The van der Waals surface area contributed by atoms with E-state index in [1.54, 1.807) is 0 Å². The molecule has 0 radical (unpaired) electrons. The Hall–Kier alpha value is -0.830. The standard InChI is InChI=1S/C15H20BrNO/c1-10(2)7-12(16)9-17-15(18)14-8-11-5-3-4-6-13(11)14/h3-6,10,12,14H,7-9H2,1-2H3,(H,17,18). The molecule has 0 aliphatic heterocycles. The van der Waals surface area contributed by atoms with Gasteiger partial charge in [-0.3, -0.25) is 4.79 Å². The SMILES string of the molecule is CC(C)CC(Br)CNC(=O)C1Cc2ccccc21. The van der Waals surface area contributed by atoms with E-state index in [1.807, 2.05) is 12.1 Å². The van der Waals surface area contributed by atoms with Gasteiger partial charge in [0.25, 0.3) is 0 Å². The fourth-order valence-corrected chi connectivity index (χ4v) is 3.33. The van der Waals surface area contributed by atoms with E-state index in [1.165, 1.54) is 11.1 Å². The molecule has 2 nitrogen and oxygen atoms in total. The predicted octanol–water partition coefficient (Wildman–Crippen LogP) is 3.25. The average Bonchev–Trinajstić information content (AvgIpc) is 2.27. The quantitative estimate of drug-likeness (QED) is 0.831. The third-order valence-corrected chi connectivity index (χ3v) is 4.09. The van der Waals surface area contributed by atoms with Gasteiger partial charge in [0.05, 0.1) is 5.92 Å². The minimum absolute atomic E-state index is 0.0694. The predicted molar refractivity (Wildman–Crippen MR) is 78.1 cm³/mol. The van der Waals surface area contributed by atoms with E-state index in [-0.39, 0.29) is 11.8 Å². The number of rotatable bonds is 5. The van der Waals surface area contributed by atoms with Crippen molar-refractivity contribution in [2.45, 2.75) is 37.4 Å². The summed E-state index contributed by atoms with van der Waals surface area (Å²) in [6.07, 6.45) is 1.97. The maximum absolute atomic E-state index is 12.0. The number of halogens is 1. The van der Waals surface area contributed by atoms with Gasteiger partial charge in [-0.25, -0.2) is 0 Å². The molecule has 2 rings (SSSR count). The van der Waals surface area contributed by atoms with Crippen LogP contribution in [0.3, 0.4) is 0 Å². The van der Waals surface area contributed by atoms with Crippen molar-refractivity contribution in [3.05, 3.63) is 35.4 Å². The van der Waals surface area contributed by atoms with E-state index in [0.29, 0.717) is 10.7 Å². The molecule has 1 aromatic carbocycles. The number of alkyl halides is 1. The lowest BCUT2D eigenvalue weighted by atomic mass is 9.77. The zero-order valence-electron chi connectivity index (χ0n) is 10.9. The Morgan fingerprint density at radius 2 is 2.17 bits per heavy atom. The molecule has 18 heavy (non-hydrogen) atoms. The summed E-state index contributed by atoms with van der Waals surface area (Å²) in [5, 5.41) is 3.04. The Bertz CT molecular complexity index is 430. The Labute approximate surface area is 117 Å². The number of fused-ring (bicyclic) bond motifs is 1. The molecule has 98 valence electrons. The smallest absolute Gasteiger partial charge is 0.227 e. The number of hydrogen-bond acceptors (Lipinski definition) is 1. The molecule has 2 atom stereocenters. The van der Waals surface area contributed by atoms with Crippen LogP contribution in [0.25, 0.3) is 0 Å². The van der Waals surface area contributed by atoms with Gasteiger partial charge in [0, 0.05) is 11.4 Å². The summed E-state index contributed by atoms with van der Waals surface area (Å²) in [6, 6.07) is 8.20. The van der Waals surface area contributed by atoms with Crippen LogP contribution in [0.2, 0.25) is 0 Å². The monoisotopic (exact) mass is 309 g/mol. The van der Waals surface area contributed by atoms with Crippen LogP contribution < -0.4 is 5.32 Å². The molecule has 0 bridgehead atoms. The van der Waals surface area contributed by atoms with E-state index in [0.717, 1.165) is 19.4 Å². The molecule has 0 aromatic heterocycles. The van der Waals surface area contributed by atoms with Crippen LogP contribution >= 0.6 is 15.9 Å². The second-order valence-electron chi connectivity index (χ2n) is 5.43. The lowest BCUT2D eigenvalue weighted by Gasteiger charge is -2.29. The van der Waals surface area contributed by atoms with E-state index < -0.39 is 0 Å². The van der Waals surface area contributed by atoms with E-state index in [2.05, 4.69) is 47.2 Å². The highest BCUT2D eigenvalue weighted by atomic mass is 79.9. The van der Waals surface area contributed by atoms with Crippen molar-refractivity contribution in [3.63, 3.8) is 0 Å². The van der Waals surface area contributed by atoms with Crippen LogP contribution in [-0.4, -0.2) is 17.3 Å². The largest absolute Gasteiger partial charge is 0.354 e. The van der Waals surface area contributed by atoms with Gasteiger partial charge in [-0.05, 0) is 29.9 Å². The molecule has 0 saturated carbocycles. The van der Waals surface area contributed by atoms with Gasteiger partial charge < -0.3 is 5.32 Å². The van der Waals surface area contributed by atoms with Crippen LogP contribution in [0.5, 0.6) is 0 Å². The summed E-state index contributed by atoms with van der Waals surface area (Å²) in [5.74, 6) is 0.887. The topological polar surface area (TPSA) is 29.1 Å². The maximum atomic E-state index is 12.0. The van der Waals surface area contributed by atoms with Gasteiger partial charge in [-0.1, -0.05) is 54.0 Å². The first-order valence-corrected chi connectivity index (χ1v) is 7.49. The summed E-state index contributed by atoms with van der Waals surface area (Å²) in [4.78, 5) is 12.4. The first kappa shape index (κ1) is 13.6. The third kappa shape index (κ3) is 3.14. The van der Waals surface area contributed by atoms with Gasteiger partial charge in [0.1, 0.15) is 0 Å². The third-order valence-electron chi connectivity index (χ3n) is 3.40. The van der Waals surface area contributed by atoms with Crippen molar-refractivity contribution >= 4 is 21.8 Å². The molecular weight excluding hydrogens is 290 g/mol. The first-order chi connectivity index (χ1) is 8.58. The fraction of sp³-hybridized carbons (Fsp3) is 0.533. The highest BCUT2D eigenvalue weighted by molar-refractivity contribution is 9.09. The zero-order chi connectivity index (χ0) is 13.1. The normalized spacial score (nSPS) is 19.0. The molecule has 0 spiro atoms. The molecule has 0 heterocycles. The molecule has 1 amide bonds. The van der Waals surface area contributed by atoms with Crippen molar-refractivity contribution in [2.75, 3.05) is 6.54 Å². The van der Waals surface area contributed by atoms with Crippen molar-refractivity contribution in [2.24, 2.45) is 5.92 Å².